The fourth-order valence-corrected chi connectivity index (χ4v) is 3.24. The van der Waals surface area contributed by atoms with E-state index in [9.17, 15) is 0 Å². The van der Waals surface area contributed by atoms with Gasteiger partial charge >= 0.3 is 0 Å². The summed E-state index contributed by atoms with van der Waals surface area (Å²) in [6, 6.07) is 4.18. The number of fused-ring (bicyclic) bond motifs is 1. The second-order valence-corrected chi connectivity index (χ2v) is 7.29. The molecular weight excluding hydrogens is 364 g/mol. The Labute approximate surface area is 170 Å². The third-order valence-corrected chi connectivity index (χ3v) is 4.91. The Kier molecular flexibility index (Phi) is 5.26. The summed E-state index contributed by atoms with van der Waals surface area (Å²) in [6.45, 7) is 3.89. The van der Waals surface area contributed by atoms with E-state index in [1.807, 2.05) is 36.4 Å². The molecule has 8 heteroatoms. The number of rotatable bonds is 7. The molecule has 0 aliphatic heterocycles. The summed E-state index contributed by atoms with van der Waals surface area (Å²) < 4.78 is 1.97. The minimum atomic E-state index is 0.625. The molecule has 150 valence electrons. The first-order valence-corrected chi connectivity index (χ1v) is 9.78. The zero-order chi connectivity index (χ0) is 20.4. The van der Waals surface area contributed by atoms with Gasteiger partial charge in [0.2, 0.25) is 5.95 Å². The van der Waals surface area contributed by atoms with E-state index in [1.54, 1.807) is 0 Å². The van der Waals surface area contributed by atoms with Crippen LogP contribution in [0.2, 0.25) is 0 Å². The van der Waals surface area contributed by atoms with Gasteiger partial charge in [-0.3, -0.25) is 4.68 Å². The van der Waals surface area contributed by atoms with E-state index >= 15 is 0 Å². The van der Waals surface area contributed by atoms with Crippen molar-refractivity contribution in [1.29, 1.82) is 0 Å². The molecule has 0 saturated heterocycles. The number of hydrogen-bond acceptors (Lipinski definition) is 6. The van der Waals surface area contributed by atoms with Crippen LogP contribution in [0.3, 0.4) is 0 Å². The summed E-state index contributed by atoms with van der Waals surface area (Å²) >= 11 is 0. The van der Waals surface area contributed by atoms with E-state index in [0.29, 0.717) is 5.95 Å². The number of nitrogens with one attached hydrogen (secondary N) is 2. The van der Waals surface area contributed by atoms with Crippen LogP contribution in [0.1, 0.15) is 12.6 Å². The Hall–Kier alpha value is -3.26. The molecule has 0 spiro atoms. The lowest BCUT2D eigenvalue weighted by molar-refractivity contribution is 0.373. The van der Waals surface area contributed by atoms with Crippen molar-refractivity contribution in [3.05, 3.63) is 42.6 Å². The molecular formula is C21H26N8. The predicted molar refractivity (Wildman–Crippen MR) is 116 cm³/mol. The fourth-order valence-electron chi connectivity index (χ4n) is 3.24. The average Bonchev–Trinajstić information content (AvgIpc) is 3.38. The topological polar surface area (TPSA) is 87.5 Å². The van der Waals surface area contributed by atoms with E-state index in [-0.39, 0.29) is 0 Å². The molecule has 4 aromatic rings. The van der Waals surface area contributed by atoms with Crippen LogP contribution in [0.5, 0.6) is 0 Å². The molecule has 0 aliphatic carbocycles. The van der Waals surface area contributed by atoms with Crippen LogP contribution in [0.15, 0.2) is 36.9 Å². The average molecular weight is 390 g/mol. The van der Waals surface area contributed by atoms with Crippen LogP contribution in [0.4, 0.5) is 5.95 Å². The van der Waals surface area contributed by atoms with Crippen LogP contribution in [-0.2, 0) is 13.0 Å². The summed E-state index contributed by atoms with van der Waals surface area (Å²) in [5.74, 6) is 0.625. The van der Waals surface area contributed by atoms with Crippen molar-refractivity contribution in [2.24, 2.45) is 0 Å². The zero-order valence-electron chi connectivity index (χ0n) is 17.3. The number of aromatic amines is 1. The number of anilines is 1. The van der Waals surface area contributed by atoms with Crippen molar-refractivity contribution < 1.29 is 0 Å². The molecule has 0 unspecified atom stereocenters. The third kappa shape index (κ3) is 3.97. The number of pyridine rings is 1. The zero-order valence-corrected chi connectivity index (χ0v) is 17.3. The molecule has 2 N–H and O–H groups in total. The third-order valence-electron chi connectivity index (χ3n) is 4.91. The van der Waals surface area contributed by atoms with Gasteiger partial charge in [-0.25, -0.2) is 15.0 Å². The Morgan fingerprint density at radius 1 is 1.14 bits per heavy atom. The van der Waals surface area contributed by atoms with E-state index in [4.69, 9.17) is 0 Å². The molecule has 0 bridgehead atoms. The largest absolute Gasteiger partial charge is 0.357 e. The van der Waals surface area contributed by atoms with Crippen LogP contribution in [0, 0.1) is 0 Å². The maximum Gasteiger partial charge on any atom is 0.223 e. The Bertz CT molecular complexity index is 1100. The lowest BCUT2D eigenvalue weighted by Gasteiger charge is -2.08. The van der Waals surface area contributed by atoms with Gasteiger partial charge in [0.05, 0.1) is 18.4 Å². The van der Waals surface area contributed by atoms with Gasteiger partial charge in [-0.2, -0.15) is 5.10 Å². The normalized spacial score (nSPS) is 11.5. The number of aromatic nitrogens is 6. The Balaban J connectivity index is 1.72. The van der Waals surface area contributed by atoms with Crippen LogP contribution in [0.25, 0.3) is 33.4 Å². The first-order chi connectivity index (χ1) is 14.1. The van der Waals surface area contributed by atoms with Crippen LogP contribution in [-0.4, -0.2) is 62.3 Å². The van der Waals surface area contributed by atoms with Gasteiger partial charge in [-0.05, 0) is 32.6 Å². The standard InChI is InChI=1S/C21H26N8/c1-5-16-9-19(27-21(22-2)26-16)18-12-24-20-17(18)8-14(10-23-20)15-11-25-29(13-15)7-6-28(3)4/h8-13H,5-7H2,1-4H3,(H,23,24)(H,22,26,27). The second kappa shape index (κ2) is 8.00. The highest BCUT2D eigenvalue weighted by Crippen LogP contribution is 2.30. The highest BCUT2D eigenvalue weighted by atomic mass is 15.3. The molecule has 0 radical (unpaired) electrons. The minimum Gasteiger partial charge on any atom is -0.357 e. The highest BCUT2D eigenvalue weighted by Gasteiger charge is 2.13. The van der Waals surface area contributed by atoms with Gasteiger partial charge in [0.1, 0.15) is 5.65 Å². The summed E-state index contributed by atoms with van der Waals surface area (Å²) in [4.78, 5) is 19.2. The molecule has 29 heavy (non-hydrogen) atoms. The van der Waals surface area contributed by atoms with Gasteiger partial charge in [0.15, 0.2) is 0 Å². The van der Waals surface area contributed by atoms with Crippen molar-refractivity contribution in [3.63, 3.8) is 0 Å². The molecule has 8 nitrogen and oxygen atoms in total. The maximum atomic E-state index is 4.65. The van der Waals surface area contributed by atoms with Crippen molar-refractivity contribution in [2.45, 2.75) is 19.9 Å². The number of aryl methyl sites for hydroxylation is 1. The lowest BCUT2D eigenvalue weighted by Crippen LogP contribution is -2.18. The molecule has 0 fully saturated rings. The monoisotopic (exact) mass is 390 g/mol. The predicted octanol–water partition coefficient (Wildman–Crippen LogP) is 3.05. The van der Waals surface area contributed by atoms with Gasteiger partial charge < -0.3 is 15.2 Å². The van der Waals surface area contributed by atoms with Gasteiger partial charge in [-0.1, -0.05) is 6.92 Å². The minimum absolute atomic E-state index is 0.625. The Morgan fingerprint density at radius 3 is 2.76 bits per heavy atom. The van der Waals surface area contributed by atoms with Crippen molar-refractivity contribution in [2.75, 3.05) is 33.0 Å². The van der Waals surface area contributed by atoms with Crippen molar-refractivity contribution >= 4 is 17.0 Å². The van der Waals surface area contributed by atoms with Crippen molar-refractivity contribution in [3.8, 4) is 22.4 Å². The molecule has 0 atom stereocenters. The van der Waals surface area contributed by atoms with Crippen molar-refractivity contribution in [1.82, 2.24) is 34.6 Å². The molecule has 0 amide bonds. The highest BCUT2D eigenvalue weighted by molar-refractivity contribution is 5.95. The summed E-state index contributed by atoms with van der Waals surface area (Å²) in [5.41, 5.74) is 5.83. The smallest absolute Gasteiger partial charge is 0.223 e. The summed E-state index contributed by atoms with van der Waals surface area (Å²) in [5, 5.41) is 8.57. The molecule has 4 rings (SSSR count). The number of hydrogen-bond donors (Lipinski definition) is 2. The molecule has 0 aromatic carbocycles. The summed E-state index contributed by atoms with van der Waals surface area (Å²) in [6.07, 6.45) is 8.65. The quantitative estimate of drug-likeness (QED) is 0.504. The van der Waals surface area contributed by atoms with Gasteiger partial charge in [0, 0.05) is 60.0 Å². The first-order valence-electron chi connectivity index (χ1n) is 9.78. The fraction of sp³-hybridized carbons (Fsp3) is 0.333. The lowest BCUT2D eigenvalue weighted by atomic mass is 10.1. The number of nitrogens with zero attached hydrogens (tertiary/aromatic N) is 6. The van der Waals surface area contributed by atoms with E-state index in [2.05, 4.69) is 68.5 Å². The van der Waals surface area contributed by atoms with Gasteiger partial charge in [-0.15, -0.1) is 0 Å². The Morgan fingerprint density at radius 2 is 2.00 bits per heavy atom. The first kappa shape index (κ1) is 19.1. The van der Waals surface area contributed by atoms with Gasteiger partial charge in [0.25, 0.3) is 0 Å². The summed E-state index contributed by atoms with van der Waals surface area (Å²) in [7, 11) is 5.96. The van der Waals surface area contributed by atoms with E-state index in [1.165, 1.54) is 0 Å². The van der Waals surface area contributed by atoms with E-state index in [0.717, 1.165) is 58.6 Å². The van der Waals surface area contributed by atoms with Crippen LogP contribution >= 0.6 is 0 Å². The molecule has 4 heterocycles. The molecule has 4 aromatic heterocycles. The SMILES string of the molecule is CCc1cc(-c2c[nH]c3ncc(-c4cnn(CCN(C)C)c4)cc23)nc(NC)n1. The maximum absolute atomic E-state index is 4.65. The van der Waals surface area contributed by atoms with E-state index < -0.39 is 0 Å². The number of likely N-dealkylation sites (N-methyl/N-ethyl adjacent to an activating group) is 1. The number of H-pyrrole nitrogens is 1. The molecule has 0 aliphatic rings. The van der Waals surface area contributed by atoms with Crippen LogP contribution < -0.4 is 5.32 Å². The molecule has 0 saturated carbocycles. The second-order valence-electron chi connectivity index (χ2n) is 7.29.